The second kappa shape index (κ2) is 8.38. The Hall–Kier alpha value is -3.80. The summed E-state index contributed by atoms with van der Waals surface area (Å²) in [5.74, 6) is -0.753. The highest BCUT2D eigenvalue weighted by Gasteiger charge is 2.37. The highest BCUT2D eigenvalue weighted by molar-refractivity contribution is 6.22. The van der Waals surface area contributed by atoms with Crippen LogP contribution in [0.5, 0.6) is 0 Å². The lowest BCUT2D eigenvalue weighted by atomic mass is 10.0. The van der Waals surface area contributed by atoms with E-state index in [1.807, 2.05) is 47.4 Å². The molecule has 1 saturated heterocycles. The third-order valence-electron chi connectivity index (χ3n) is 6.27. The van der Waals surface area contributed by atoms with Crippen molar-refractivity contribution in [2.24, 2.45) is 0 Å². The summed E-state index contributed by atoms with van der Waals surface area (Å²) in [7, 11) is 0. The molecule has 2 aliphatic heterocycles. The zero-order chi connectivity index (χ0) is 22.1. The average molecular weight is 425 g/mol. The van der Waals surface area contributed by atoms with Crippen molar-refractivity contribution < 1.29 is 14.4 Å². The van der Waals surface area contributed by atoms with Gasteiger partial charge in [0.2, 0.25) is 0 Å². The molecule has 0 aliphatic carbocycles. The molecule has 5 rings (SSSR count). The molecule has 160 valence electrons. The van der Waals surface area contributed by atoms with Crippen LogP contribution in [-0.4, -0.2) is 45.6 Å². The van der Waals surface area contributed by atoms with Gasteiger partial charge in [0.05, 0.1) is 17.2 Å². The highest BCUT2D eigenvalue weighted by atomic mass is 16.2. The molecule has 1 atom stereocenters. The van der Waals surface area contributed by atoms with Crippen LogP contribution in [0.3, 0.4) is 0 Å². The number of carbonyl (C=O) groups excluding carboxylic acids is 3. The number of benzene rings is 2. The second-order valence-corrected chi connectivity index (χ2v) is 8.20. The predicted octanol–water partition coefficient (Wildman–Crippen LogP) is 3.90. The number of fused-ring (bicyclic) bond motifs is 1. The largest absolute Gasteiger partial charge is 0.332 e. The SMILES string of the molecule is O=C1c2ccc(C(=O)N3CCC[C@H]3c3cccnc3)cc2C(=O)N1CCc1ccccc1. The third kappa shape index (κ3) is 3.58. The molecule has 3 heterocycles. The number of amides is 3. The minimum absolute atomic E-state index is 0.0239. The quantitative estimate of drug-likeness (QED) is 0.582. The van der Waals surface area contributed by atoms with Gasteiger partial charge in [-0.3, -0.25) is 24.3 Å². The Bertz CT molecular complexity index is 1180. The fraction of sp³-hybridized carbons (Fsp3) is 0.231. The summed E-state index contributed by atoms with van der Waals surface area (Å²) in [6.07, 6.45) is 5.91. The Kier molecular flexibility index (Phi) is 5.27. The number of hydrogen-bond donors (Lipinski definition) is 0. The summed E-state index contributed by atoms with van der Waals surface area (Å²) in [5.41, 5.74) is 3.19. The molecule has 0 N–H and O–H groups in total. The van der Waals surface area contributed by atoms with Gasteiger partial charge in [0.25, 0.3) is 17.7 Å². The number of nitrogens with zero attached hydrogens (tertiary/aromatic N) is 3. The molecule has 1 fully saturated rings. The van der Waals surface area contributed by atoms with Crippen LogP contribution in [0.2, 0.25) is 0 Å². The smallest absolute Gasteiger partial charge is 0.261 e. The lowest BCUT2D eigenvalue weighted by Gasteiger charge is -2.25. The molecule has 1 aromatic heterocycles. The van der Waals surface area contributed by atoms with Gasteiger partial charge in [0.1, 0.15) is 0 Å². The Morgan fingerprint density at radius 2 is 1.78 bits per heavy atom. The van der Waals surface area contributed by atoms with E-state index >= 15 is 0 Å². The molecule has 3 aromatic rings. The van der Waals surface area contributed by atoms with Crippen LogP contribution < -0.4 is 0 Å². The molecule has 0 spiro atoms. The maximum atomic E-state index is 13.3. The standard InChI is InChI=1S/C26H23N3O3/c30-24(28-14-5-9-23(28)20-8-4-13-27-17-20)19-10-11-21-22(16-19)26(32)29(25(21)31)15-12-18-6-2-1-3-7-18/h1-4,6-8,10-11,13,16-17,23H,5,9,12,14-15H2/t23-/m0/s1. The first-order valence-electron chi connectivity index (χ1n) is 10.9. The fourth-order valence-electron chi connectivity index (χ4n) is 4.61. The molecule has 32 heavy (non-hydrogen) atoms. The lowest BCUT2D eigenvalue weighted by Crippen LogP contribution is -2.32. The van der Waals surface area contributed by atoms with Crippen LogP contribution in [0.15, 0.2) is 73.1 Å². The van der Waals surface area contributed by atoms with Crippen LogP contribution in [0.4, 0.5) is 0 Å². The Morgan fingerprint density at radius 3 is 2.56 bits per heavy atom. The zero-order valence-corrected chi connectivity index (χ0v) is 17.6. The van der Waals surface area contributed by atoms with E-state index < -0.39 is 0 Å². The summed E-state index contributed by atoms with van der Waals surface area (Å²) in [6, 6.07) is 18.4. The van der Waals surface area contributed by atoms with Crippen LogP contribution in [0.25, 0.3) is 0 Å². The molecular weight excluding hydrogens is 402 g/mol. The van der Waals surface area contributed by atoms with Crippen molar-refractivity contribution in [1.82, 2.24) is 14.8 Å². The van der Waals surface area contributed by atoms with Crippen LogP contribution >= 0.6 is 0 Å². The number of pyridine rings is 1. The van der Waals surface area contributed by atoms with E-state index in [4.69, 9.17) is 0 Å². The molecule has 0 bridgehead atoms. The predicted molar refractivity (Wildman–Crippen MR) is 119 cm³/mol. The minimum Gasteiger partial charge on any atom is -0.332 e. The normalized spacial score (nSPS) is 17.7. The van der Waals surface area contributed by atoms with Gasteiger partial charge in [0.15, 0.2) is 0 Å². The average Bonchev–Trinajstić information content (AvgIpc) is 3.42. The maximum Gasteiger partial charge on any atom is 0.261 e. The van der Waals surface area contributed by atoms with E-state index in [0.29, 0.717) is 36.2 Å². The number of likely N-dealkylation sites (tertiary alicyclic amines) is 1. The summed E-state index contributed by atoms with van der Waals surface area (Å²) < 4.78 is 0. The molecule has 0 saturated carbocycles. The second-order valence-electron chi connectivity index (χ2n) is 8.20. The van der Waals surface area contributed by atoms with Gasteiger partial charge in [0, 0.05) is 31.0 Å². The Balaban J connectivity index is 1.36. The molecule has 3 amide bonds. The van der Waals surface area contributed by atoms with E-state index in [-0.39, 0.29) is 23.8 Å². The van der Waals surface area contributed by atoms with Gasteiger partial charge in [-0.1, -0.05) is 36.4 Å². The third-order valence-corrected chi connectivity index (χ3v) is 6.27. The summed E-state index contributed by atoms with van der Waals surface area (Å²) in [5, 5.41) is 0. The summed E-state index contributed by atoms with van der Waals surface area (Å²) >= 11 is 0. The van der Waals surface area contributed by atoms with Crippen molar-refractivity contribution in [3.05, 3.63) is 101 Å². The van der Waals surface area contributed by atoms with Crippen molar-refractivity contribution in [3.63, 3.8) is 0 Å². The summed E-state index contributed by atoms with van der Waals surface area (Å²) in [6.45, 7) is 0.973. The van der Waals surface area contributed by atoms with Gasteiger partial charge in [-0.25, -0.2) is 0 Å². The van der Waals surface area contributed by atoms with E-state index in [1.54, 1.807) is 30.6 Å². The number of aromatic nitrogens is 1. The van der Waals surface area contributed by atoms with E-state index in [2.05, 4.69) is 4.98 Å². The molecule has 6 nitrogen and oxygen atoms in total. The fourth-order valence-corrected chi connectivity index (χ4v) is 4.61. The van der Waals surface area contributed by atoms with Gasteiger partial charge >= 0.3 is 0 Å². The lowest BCUT2D eigenvalue weighted by molar-refractivity contribution is 0.0655. The number of imide groups is 1. The molecule has 6 heteroatoms. The summed E-state index contributed by atoms with van der Waals surface area (Å²) in [4.78, 5) is 46.4. The topological polar surface area (TPSA) is 70.6 Å². The minimum atomic E-state index is -0.333. The first-order chi connectivity index (χ1) is 15.6. The van der Waals surface area contributed by atoms with Crippen molar-refractivity contribution in [3.8, 4) is 0 Å². The first-order valence-corrected chi connectivity index (χ1v) is 10.9. The van der Waals surface area contributed by atoms with Gasteiger partial charge in [-0.15, -0.1) is 0 Å². The number of hydrogen-bond acceptors (Lipinski definition) is 4. The van der Waals surface area contributed by atoms with E-state index in [0.717, 1.165) is 24.0 Å². The first kappa shape index (κ1) is 20.1. The van der Waals surface area contributed by atoms with Crippen LogP contribution in [-0.2, 0) is 6.42 Å². The van der Waals surface area contributed by atoms with Crippen LogP contribution in [0.1, 0.15) is 61.1 Å². The molecule has 2 aliphatic rings. The van der Waals surface area contributed by atoms with E-state index in [1.165, 1.54) is 4.90 Å². The van der Waals surface area contributed by atoms with Gasteiger partial charge in [-0.05, 0) is 54.7 Å². The Labute approximate surface area is 186 Å². The number of carbonyl (C=O) groups is 3. The monoisotopic (exact) mass is 425 g/mol. The van der Waals surface area contributed by atoms with Gasteiger partial charge in [-0.2, -0.15) is 0 Å². The van der Waals surface area contributed by atoms with Gasteiger partial charge < -0.3 is 4.90 Å². The van der Waals surface area contributed by atoms with Crippen LogP contribution in [0, 0.1) is 0 Å². The van der Waals surface area contributed by atoms with Crippen molar-refractivity contribution in [1.29, 1.82) is 0 Å². The van der Waals surface area contributed by atoms with Crippen molar-refractivity contribution in [2.75, 3.05) is 13.1 Å². The Morgan fingerprint density at radius 1 is 0.969 bits per heavy atom. The molecule has 2 aromatic carbocycles. The molecule has 0 unspecified atom stereocenters. The van der Waals surface area contributed by atoms with Crippen molar-refractivity contribution >= 4 is 17.7 Å². The number of rotatable bonds is 5. The van der Waals surface area contributed by atoms with E-state index in [9.17, 15) is 14.4 Å². The van der Waals surface area contributed by atoms with Crippen molar-refractivity contribution in [2.45, 2.75) is 25.3 Å². The maximum absolute atomic E-state index is 13.3. The highest BCUT2D eigenvalue weighted by Crippen LogP contribution is 2.33. The zero-order valence-electron chi connectivity index (χ0n) is 17.6. The molecular formula is C26H23N3O3. The molecule has 0 radical (unpaired) electrons.